The molecule has 1 saturated carbocycles. The molecule has 130 valence electrons. The Labute approximate surface area is 147 Å². The molecule has 1 aliphatic carbocycles. The molecule has 0 amide bonds. The van der Waals surface area contributed by atoms with E-state index in [9.17, 15) is 4.79 Å². The Kier molecular flexibility index (Phi) is 5.34. The van der Waals surface area contributed by atoms with Gasteiger partial charge in [-0.25, -0.2) is 14.3 Å². The first-order valence-electron chi connectivity index (χ1n) is 8.61. The van der Waals surface area contributed by atoms with Gasteiger partial charge >= 0.3 is 5.97 Å². The lowest BCUT2D eigenvalue weighted by Gasteiger charge is -2.23. The number of aromatic nitrogens is 2. The van der Waals surface area contributed by atoms with E-state index in [-0.39, 0.29) is 6.10 Å². The molecule has 0 N–H and O–H groups in total. The van der Waals surface area contributed by atoms with Crippen LogP contribution in [-0.4, -0.2) is 28.5 Å². The van der Waals surface area contributed by atoms with E-state index < -0.39 is 5.97 Å². The number of benzene rings is 1. The minimum atomic E-state index is -0.406. The van der Waals surface area contributed by atoms with Gasteiger partial charge < -0.3 is 9.47 Å². The molecule has 6 heteroatoms. The second kappa shape index (κ2) is 7.84. The SMILES string of the molecule is [C-]#[N+]c1cc(-n2cc(C(=O)OCC)cn2)ccc1OC1CCCCC1. The molecule has 3 rings (SSSR count). The lowest BCUT2D eigenvalue weighted by atomic mass is 9.98. The van der Waals surface area contributed by atoms with Crippen molar-refractivity contribution in [1.82, 2.24) is 9.78 Å². The first-order valence-corrected chi connectivity index (χ1v) is 8.61. The fourth-order valence-corrected chi connectivity index (χ4v) is 2.98. The van der Waals surface area contributed by atoms with Gasteiger partial charge in [0.1, 0.15) is 5.75 Å². The highest BCUT2D eigenvalue weighted by Gasteiger charge is 2.17. The van der Waals surface area contributed by atoms with Gasteiger partial charge in [0.15, 0.2) is 0 Å². The van der Waals surface area contributed by atoms with Crippen LogP contribution in [0.3, 0.4) is 0 Å². The van der Waals surface area contributed by atoms with Crippen LogP contribution in [0.15, 0.2) is 30.6 Å². The van der Waals surface area contributed by atoms with Gasteiger partial charge in [-0.3, -0.25) is 0 Å². The Balaban J connectivity index is 1.79. The molecule has 0 spiro atoms. The summed E-state index contributed by atoms with van der Waals surface area (Å²) in [6, 6.07) is 5.38. The van der Waals surface area contributed by atoms with E-state index in [0.29, 0.717) is 29.3 Å². The highest BCUT2D eigenvalue weighted by atomic mass is 16.5. The van der Waals surface area contributed by atoms with Crippen LogP contribution in [-0.2, 0) is 4.74 Å². The van der Waals surface area contributed by atoms with Crippen LogP contribution >= 0.6 is 0 Å². The molecule has 1 aromatic carbocycles. The Morgan fingerprint density at radius 2 is 2.16 bits per heavy atom. The zero-order chi connectivity index (χ0) is 17.6. The van der Waals surface area contributed by atoms with Crippen LogP contribution in [0.1, 0.15) is 49.4 Å². The van der Waals surface area contributed by atoms with Crippen molar-refractivity contribution in [3.8, 4) is 11.4 Å². The molecule has 1 heterocycles. The summed E-state index contributed by atoms with van der Waals surface area (Å²) < 4.78 is 12.6. The minimum absolute atomic E-state index is 0.195. The van der Waals surface area contributed by atoms with Gasteiger partial charge in [-0.15, -0.1) is 0 Å². The normalized spacial score (nSPS) is 14.7. The number of hydrogen-bond donors (Lipinski definition) is 0. The maximum Gasteiger partial charge on any atom is 0.341 e. The predicted octanol–water partition coefficient (Wildman–Crippen LogP) is 4.31. The van der Waals surface area contributed by atoms with Crippen molar-refractivity contribution in [2.24, 2.45) is 0 Å². The minimum Gasteiger partial charge on any atom is -0.501 e. The van der Waals surface area contributed by atoms with Gasteiger partial charge in [-0.2, -0.15) is 5.10 Å². The van der Waals surface area contributed by atoms with Crippen molar-refractivity contribution in [3.05, 3.63) is 47.6 Å². The van der Waals surface area contributed by atoms with Gasteiger partial charge in [0.2, 0.25) is 5.69 Å². The zero-order valence-electron chi connectivity index (χ0n) is 14.3. The molecule has 1 aliphatic rings. The fourth-order valence-electron chi connectivity index (χ4n) is 2.98. The molecule has 1 fully saturated rings. The summed E-state index contributed by atoms with van der Waals surface area (Å²) >= 11 is 0. The summed E-state index contributed by atoms with van der Waals surface area (Å²) in [6.07, 6.45) is 8.96. The van der Waals surface area contributed by atoms with Crippen LogP contribution in [0.25, 0.3) is 10.5 Å². The third kappa shape index (κ3) is 4.00. The van der Waals surface area contributed by atoms with E-state index >= 15 is 0 Å². The van der Waals surface area contributed by atoms with Crippen LogP contribution in [0.2, 0.25) is 0 Å². The summed E-state index contributed by atoms with van der Waals surface area (Å²) in [4.78, 5) is 15.3. The summed E-state index contributed by atoms with van der Waals surface area (Å²) in [7, 11) is 0. The summed E-state index contributed by atoms with van der Waals surface area (Å²) in [5.74, 6) is 0.208. The maximum absolute atomic E-state index is 11.7. The fraction of sp³-hybridized carbons (Fsp3) is 0.421. The number of hydrogen-bond acceptors (Lipinski definition) is 4. The molecular formula is C19H21N3O3. The van der Waals surface area contributed by atoms with Gasteiger partial charge in [-0.1, -0.05) is 6.42 Å². The van der Waals surface area contributed by atoms with Gasteiger partial charge in [0, 0.05) is 6.20 Å². The standard InChI is InChI=1S/C19H21N3O3/c1-3-24-19(23)14-12-21-22(13-14)15-9-10-18(17(11-15)20-2)25-16-7-5-4-6-8-16/h9-13,16H,3-8H2,1H3. The molecule has 0 radical (unpaired) electrons. The Bertz CT molecular complexity index is 785. The van der Waals surface area contributed by atoms with E-state index in [1.807, 2.05) is 12.1 Å². The van der Waals surface area contributed by atoms with Crippen molar-refractivity contribution >= 4 is 11.7 Å². The van der Waals surface area contributed by atoms with Crippen LogP contribution in [0.5, 0.6) is 5.75 Å². The Morgan fingerprint density at radius 1 is 1.36 bits per heavy atom. The summed E-state index contributed by atoms with van der Waals surface area (Å²) in [5.41, 5.74) is 1.54. The number of esters is 1. The first kappa shape index (κ1) is 17.0. The third-order valence-electron chi connectivity index (χ3n) is 4.27. The molecular weight excluding hydrogens is 318 g/mol. The van der Waals surface area contributed by atoms with E-state index in [1.165, 1.54) is 25.5 Å². The number of nitrogens with zero attached hydrogens (tertiary/aromatic N) is 3. The quantitative estimate of drug-likeness (QED) is 0.601. The van der Waals surface area contributed by atoms with Gasteiger partial charge in [0.05, 0.1) is 36.7 Å². The zero-order valence-corrected chi connectivity index (χ0v) is 14.3. The number of rotatable bonds is 5. The van der Waals surface area contributed by atoms with E-state index in [0.717, 1.165) is 12.8 Å². The molecule has 6 nitrogen and oxygen atoms in total. The van der Waals surface area contributed by atoms with Crippen molar-refractivity contribution in [2.75, 3.05) is 6.61 Å². The summed E-state index contributed by atoms with van der Waals surface area (Å²) in [6.45, 7) is 9.51. The van der Waals surface area contributed by atoms with Crippen LogP contribution in [0.4, 0.5) is 5.69 Å². The topological polar surface area (TPSA) is 57.7 Å². The lowest BCUT2D eigenvalue weighted by Crippen LogP contribution is -2.19. The Hall–Kier alpha value is -2.81. The smallest absolute Gasteiger partial charge is 0.341 e. The molecule has 0 aliphatic heterocycles. The molecule has 25 heavy (non-hydrogen) atoms. The van der Waals surface area contributed by atoms with E-state index in [2.05, 4.69) is 9.94 Å². The Morgan fingerprint density at radius 3 is 2.88 bits per heavy atom. The average Bonchev–Trinajstić information content (AvgIpc) is 3.13. The van der Waals surface area contributed by atoms with E-state index in [4.69, 9.17) is 16.0 Å². The van der Waals surface area contributed by atoms with Crippen LogP contribution < -0.4 is 4.74 Å². The lowest BCUT2D eigenvalue weighted by molar-refractivity contribution is 0.0526. The van der Waals surface area contributed by atoms with Crippen molar-refractivity contribution < 1.29 is 14.3 Å². The van der Waals surface area contributed by atoms with Crippen LogP contribution in [0, 0.1) is 6.57 Å². The molecule has 0 bridgehead atoms. The summed E-state index contributed by atoms with van der Waals surface area (Å²) in [5, 5.41) is 4.18. The van der Waals surface area contributed by atoms with E-state index in [1.54, 1.807) is 23.9 Å². The first-order chi connectivity index (χ1) is 12.2. The molecule has 0 saturated heterocycles. The number of carbonyl (C=O) groups is 1. The molecule has 2 aromatic rings. The highest BCUT2D eigenvalue weighted by Crippen LogP contribution is 2.33. The highest BCUT2D eigenvalue weighted by molar-refractivity contribution is 5.88. The predicted molar refractivity (Wildman–Crippen MR) is 93.3 cm³/mol. The molecule has 0 unspecified atom stereocenters. The van der Waals surface area contributed by atoms with Gasteiger partial charge in [0.25, 0.3) is 0 Å². The number of carbonyl (C=O) groups excluding carboxylic acids is 1. The largest absolute Gasteiger partial charge is 0.501 e. The molecule has 1 aromatic heterocycles. The third-order valence-corrected chi connectivity index (χ3v) is 4.27. The molecule has 0 atom stereocenters. The number of ether oxygens (including phenoxy) is 2. The monoisotopic (exact) mass is 339 g/mol. The maximum atomic E-state index is 11.7. The average molecular weight is 339 g/mol. The second-order valence-electron chi connectivity index (χ2n) is 6.04. The van der Waals surface area contributed by atoms with Gasteiger partial charge in [-0.05, 0) is 50.8 Å². The van der Waals surface area contributed by atoms with Crippen molar-refractivity contribution in [1.29, 1.82) is 0 Å². The van der Waals surface area contributed by atoms with Crippen molar-refractivity contribution in [3.63, 3.8) is 0 Å². The second-order valence-corrected chi connectivity index (χ2v) is 6.04. The van der Waals surface area contributed by atoms with Crippen molar-refractivity contribution in [2.45, 2.75) is 45.1 Å².